The normalized spacial score (nSPS) is 17.8. The molecule has 3 rings (SSSR count). The topological polar surface area (TPSA) is 75.7 Å². The van der Waals surface area contributed by atoms with E-state index in [1.54, 1.807) is 11.0 Å². The monoisotopic (exact) mass is 428 g/mol. The lowest BCUT2D eigenvalue weighted by Crippen LogP contribution is -2.44. The summed E-state index contributed by atoms with van der Waals surface area (Å²) in [4.78, 5) is 13.9. The highest BCUT2D eigenvalue weighted by molar-refractivity contribution is 7.92. The number of nitrogens with zero attached hydrogens (tertiary/aromatic N) is 1. The molecular weight excluding hydrogens is 409 g/mol. The first-order valence-electron chi connectivity index (χ1n) is 8.78. The van der Waals surface area contributed by atoms with Crippen molar-refractivity contribution in [2.75, 3.05) is 24.4 Å². The molecule has 0 unspecified atom stereocenters. The van der Waals surface area contributed by atoms with Crippen molar-refractivity contribution in [1.29, 1.82) is 0 Å². The van der Waals surface area contributed by atoms with Crippen LogP contribution < -0.4 is 4.72 Å². The number of morpholine rings is 1. The zero-order chi connectivity index (χ0) is 21.2. The van der Waals surface area contributed by atoms with Gasteiger partial charge in [0.2, 0.25) is 0 Å². The van der Waals surface area contributed by atoms with E-state index >= 15 is 0 Å². The maximum absolute atomic E-state index is 12.9. The van der Waals surface area contributed by atoms with Crippen LogP contribution in [0.5, 0.6) is 0 Å². The molecule has 0 spiro atoms. The van der Waals surface area contributed by atoms with E-state index in [9.17, 15) is 26.4 Å². The molecule has 1 amide bonds. The summed E-state index contributed by atoms with van der Waals surface area (Å²) in [5.74, 6) is -0.387. The van der Waals surface area contributed by atoms with E-state index in [0.29, 0.717) is 25.8 Å². The van der Waals surface area contributed by atoms with Crippen LogP contribution in [0.25, 0.3) is 0 Å². The van der Waals surface area contributed by atoms with Crippen molar-refractivity contribution in [1.82, 2.24) is 4.90 Å². The average molecular weight is 428 g/mol. The molecule has 1 N–H and O–H groups in total. The molecule has 1 atom stereocenters. The molecule has 1 aliphatic rings. The quantitative estimate of drug-likeness (QED) is 0.810. The number of nitrogens with one attached hydrogen (secondary N) is 1. The number of hydrogen-bond acceptors (Lipinski definition) is 4. The van der Waals surface area contributed by atoms with Gasteiger partial charge in [-0.2, -0.15) is 13.2 Å². The first kappa shape index (κ1) is 21.1. The maximum atomic E-state index is 12.9. The molecule has 0 bridgehead atoms. The van der Waals surface area contributed by atoms with Crippen LogP contribution in [0.1, 0.15) is 22.8 Å². The summed E-state index contributed by atoms with van der Waals surface area (Å²) in [7, 11) is -4.34. The molecule has 0 aromatic heterocycles. The Morgan fingerprint density at radius 3 is 2.59 bits per heavy atom. The molecule has 0 saturated carbocycles. The molecule has 2 aromatic rings. The average Bonchev–Trinajstić information content (AvgIpc) is 2.67. The minimum absolute atomic E-state index is 0.00550. The Hall–Kier alpha value is -2.59. The Kier molecular flexibility index (Phi) is 5.85. The van der Waals surface area contributed by atoms with E-state index in [1.165, 1.54) is 18.2 Å². The lowest BCUT2D eigenvalue weighted by atomic mass is 10.1. The van der Waals surface area contributed by atoms with Crippen molar-refractivity contribution in [3.8, 4) is 0 Å². The third kappa shape index (κ3) is 4.88. The molecule has 1 saturated heterocycles. The standard InChI is InChI=1S/C19H19F3N2O4S/c1-13-12-24(9-10-28-13)18(25)16-7-2-3-8-17(16)23-29(26,27)15-6-4-5-14(11-15)19(20,21)22/h2-8,11,13,23H,9-10,12H2,1H3/t13-/m1/s1. The number of rotatable bonds is 4. The molecule has 156 valence electrons. The summed E-state index contributed by atoms with van der Waals surface area (Å²) in [5, 5.41) is 0. The summed E-state index contributed by atoms with van der Waals surface area (Å²) >= 11 is 0. The molecule has 1 heterocycles. The van der Waals surface area contributed by atoms with Crippen LogP contribution in [0.15, 0.2) is 53.4 Å². The first-order valence-corrected chi connectivity index (χ1v) is 10.3. The van der Waals surface area contributed by atoms with Gasteiger partial charge in [-0.15, -0.1) is 0 Å². The number of amides is 1. The van der Waals surface area contributed by atoms with Crippen LogP contribution in [0.4, 0.5) is 18.9 Å². The number of anilines is 1. The van der Waals surface area contributed by atoms with Crippen molar-refractivity contribution in [2.45, 2.75) is 24.1 Å². The first-order chi connectivity index (χ1) is 13.6. The lowest BCUT2D eigenvalue weighted by molar-refractivity contribution is -0.137. The number of sulfonamides is 1. The summed E-state index contributed by atoms with van der Waals surface area (Å²) < 4.78 is 71.7. The molecule has 1 fully saturated rings. The number of para-hydroxylation sites is 1. The van der Waals surface area contributed by atoms with Crippen LogP contribution in [-0.2, 0) is 20.9 Å². The lowest BCUT2D eigenvalue weighted by Gasteiger charge is -2.31. The van der Waals surface area contributed by atoms with Crippen LogP contribution >= 0.6 is 0 Å². The molecule has 6 nitrogen and oxygen atoms in total. The Labute approximate surface area is 166 Å². The fourth-order valence-corrected chi connectivity index (χ4v) is 4.10. The second-order valence-corrected chi connectivity index (χ2v) is 8.29. The van der Waals surface area contributed by atoms with E-state index in [1.807, 2.05) is 6.92 Å². The number of ether oxygens (including phenoxy) is 1. The van der Waals surface area contributed by atoms with Crippen molar-refractivity contribution in [3.05, 3.63) is 59.7 Å². The third-order valence-corrected chi connectivity index (χ3v) is 5.76. The molecular formula is C19H19F3N2O4S. The molecule has 0 aliphatic carbocycles. The van der Waals surface area contributed by atoms with E-state index in [0.717, 1.165) is 18.2 Å². The predicted octanol–water partition coefficient (Wildman–Crippen LogP) is 3.37. The minimum Gasteiger partial charge on any atom is -0.375 e. The van der Waals surface area contributed by atoms with Gasteiger partial charge in [0.15, 0.2) is 0 Å². The number of carbonyl (C=O) groups is 1. The fourth-order valence-electron chi connectivity index (χ4n) is 2.98. The molecule has 2 aromatic carbocycles. The largest absolute Gasteiger partial charge is 0.416 e. The number of hydrogen-bond donors (Lipinski definition) is 1. The van der Waals surface area contributed by atoms with E-state index in [2.05, 4.69) is 4.72 Å². The Morgan fingerprint density at radius 2 is 1.90 bits per heavy atom. The summed E-state index contributed by atoms with van der Waals surface area (Å²) in [6, 6.07) is 9.39. The van der Waals surface area contributed by atoms with E-state index in [-0.39, 0.29) is 23.3 Å². The van der Waals surface area contributed by atoms with Gasteiger partial charge in [-0.1, -0.05) is 18.2 Å². The Morgan fingerprint density at radius 1 is 1.17 bits per heavy atom. The van der Waals surface area contributed by atoms with Crippen molar-refractivity contribution in [3.63, 3.8) is 0 Å². The van der Waals surface area contributed by atoms with Crippen molar-refractivity contribution < 1.29 is 31.1 Å². The third-order valence-electron chi connectivity index (χ3n) is 4.40. The van der Waals surface area contributed by atoms with Crippen molar-refractivity contribution >= 4 is 21.6 Å². The smallest absolute Gasteiger partial charge is 0.375 e. The summed E-state index contributed by atoms with van der Waals surface area (Å²) in [5.41, 5.74) is -0.974. The molecule has 10 heteroatoms. The Bertz CT molecular complexity index is 1010. The molecule has 0 radical (unpaired) electrons. The summed E-state index contributed by atoms with van der Waals surface area (Å²) in [6.07, 6.45) is -4.83. The van der Waals surface area contributed by atoms with Gasteiger partial charge >= 0.3 is 6.18 Å². The second kappa shape index (κ2) is 8.03. The van der Waals surface area contributed by atoms with Gasteiger partial charge in [-0.05, 0) is 37.3 Å². The van der Waals surface area contributed by atoms with Gasteiger partial charge in [-0.25, -0.2) is 8.42 Å². The van der Waals surface area contributed by atoms with Gasteiger partial charge in [-0.3, -0.25) is 9.52 Å². The van der Waals surface area contributed by atoms with Gasteiger partial charge in [0.1, 0.15) is 0 Å². The SMILES string of the molecule is C[C@@H]1CN(C(=O)c2ccccc2NS(=O)(=O)c2cccc(C(F)(F)F)c2)CCO1. The summed E-state index contributed by atoms with van der Waals surface area (Å²) in [6.45, 7) is 2.90. The number of alkyl halides is 3. The van der Waals surface area contributed by atoms with Crippen molar-refractivity contribution in [2.24, 2.45) is 0 Å². The zero-order valence-corrected chi connectivity index (χ0v) is 16.3. The predicted molar refractivity (Wildman–Crippen MR) is 100 cm³/mol. The zero-order valence-electron chi connectivity index (χ0n) is 15.4. The van der Waals surface area contributed by atoms with E-state index < -0.39 is 26.7 Å². The van der Waals surface area contributed by atoms with E-state index in [4.69, 9.17) is 4.74 Å². The number of benzene rings is 2. The highest BCUT2D eigenvalue weighted by Crippen LogP contribution is 2.31. The van der Waals surface area contributed by atoms with Gasteiger partial charge in [0, 0.05) is 13.1 Å². The second-order valence-electron chi connectivity index (χ2n) is 6.61. The molecule has 29 heavy (non-hydrogen) atoms. The highest BCUT2D eigenvalue weighted by Gasteiger charge is 2.32. The van der Waals surface area contributed by atoms with Gasteiger partial charge in [0.25, 0.3) is 15.9 Å². The fraction of sp³-hybridized carbons (Fsp3) is 0.316. The van der Waals surface area contributed by atoms with Crippen LogP contribution in [0.3, 0.4) is 0 Å². The maximum Gasteiger partial charge on any atom is 0.416 e. The number of halogens is 3. The van der Waals surface area contributed by atoms with Crippen LogP contribution in [0.2, 0.25) is 0 Å². The van der Waals surface area contributed by atoms with Gasteiger partial charge < -0.3 is 9.64 Å². The van der Waals surface area contributed by atoms with Crippen LogP contribution in [0, 0.1) is 0 Å². The number of carbonyl (C=O) groups excluding carboxylic acids is 1. The van der Waals surface area contributed by atoms with Crippen LogP contribution in [-0.4, -0.2) is 45.0 Å². The highest BCUT2D eigenvalue weighted by atomic mass is 32.2. The molecule has 1 aliphatic heterocycles. The minimum atomic E-state index is -4.67. The van der Waals surface area contributed by atoms with Gasteiger partial charge in [0.05, 0.1) is 34.4 Å². The Balaban J connectivity index is 1.90.